The SMILES string of the molecule is COc1ccc(CCNC(=O)[C@@H]2Cc3cc([N+](=O)[O-])ccc3N3CCN(c4ccccc4F)C[C@@H]23)cc1. The molecule has 0 aliphatic carbocycles. The predicted molar refractivity (Wildman–Crippen MR) is 140 cm³/mol. The number of rotatable bonds is 7. The molecule has 0 bridgehead atoms. The third-order valence-corrected chi connectivity index (χ3v) is 7.31. The van der Waals surface area contributed by atoms with Crippen LogP contribution in [0.2, 0.25) is 0 Å². The third kappa shape index (κ3) is 5.07. The average Bonchev–Trinajstić information content (AvgIpc) is 2.92. The number of nitro groups is 1. The molecule has 9 heteroatoms. The van der Waals surface area contributed by atoms with Gasteiger partial charge in [-0.25, -0.2) is 4.39 Å². The van der Waals surface area contributed by atoms with E-state index in [4.69, 9.17) is 4.74 Å². The summed E-state index contributed by atoms with van der Waals surface area (Å²) in [5.41, 5.74) is 3.32. The summed E-state index contributed by atoms with van der Waals surface area (Å²) in [6.07, 6.45) is 1.05. The normalized spacial score (nSPS) is 18.5. The summed E-state index contributed by atoms with van der Waals surface area (Å²) in [7, 11) is 1.62. The highest BCUT2D eigenvalue weighted by molar-refractivity contribution is 5.82. The number of para-hydroxylation sites is 1. The van der Waals surface area contributed by atoms with Gasteiger partial charge in [0.15, 0.2) is 0 Å². The molecule has 192 valence electrons. The first-order valence-electron chi connectivity index (χ1n) is 12.4. The highest BCUT2D eigenvalue weighted by Gasteiger charge is 2.42. The minimum Gasteiger partial charge on any atom is -0.497 e. The maximum atomic E-state index is 14.6. The van der Waals surface area contributed by atoms with Gasteiger partial charge in [-0.05, 0) is 54.3 Å². The number of methoxy groups -OCH3 is 1. The van der Waals surface area contributed by atoms with Crippen molar-refractivity contribution in [2.75, 3.05) is 43.1 Å². The van der Waals surface area contributed by atoms with Crippen molar-refractivity contribution in [1.29, 1.82) is 0 Å². The first-order chi connectivity index (χ1) is 17.9. The maximum absolute atomic E-state index is 14.6. The van der Waals surface area contributed by atoms with Crippen LogP contribution in [0.25, 0.3) is 0 Å². The number of piperazine rings is 1. The number of hydrogen-bond donors (Lipinski definition) is 1. The molecule has 0 radical (unpaired) electrons. The number of fused-ring (bicyclic) bond motifs is 3. The monoisotopic (exact) mass is 504 g/mol. The zero-order chi connectivity index (χ0) is 25.9. The minimum absolute atomic E-state index is 0.0147. The summed E-state index contributed by atoms with van der Waals surface area (Å²) < 4.78 is 19.8. The Hall–Kier alpha value is -4.14. The van der Waals surface area contributed by atoms with Crippen LogP contribution in [0.1, 0.15) is 11.1 Å². The number of nitrogens with zero attached hydrogens (tertiary/aromatic N) is 3. The molecule has 2 aliphatic rings. The van der Waals surface area contributed by atoms with Crippen LogP contribution in [-0.4, -0.2) is 50.2 Å². The molecule has 1 fully saturated rings. The number of carbonyl (C=O) groups is 1. The number of anilines is 2. The molecule has 0 saturated carbocycles. The van der Waals surface area contributed by atoms with Crippen LogP contribution < -0.4 is 19.9 Å². The first kappa shape index (κ1) is 24.5. The number of nitro benzene ring substituents is 1. The molecule has 2 heterocycles. The molecule has 0 spiro atoms. The van der Waals surface area contributed by atoms with Gasteiger partial charge in [-0.2, -0.15) is 0 Å². The summed E-state index contributed by atoms with van der Waals surface area (Å²) in [4.78, 5) is 28.6. The summed E-state index contributed by atoms with van der Waals surface area (Å²) in [5, 5.41) is 14.5. The van der Waals surface area contributed by atoms with E-state index in [1.54, 1.807) is 31.4 Å². The fourth-order valence-corrected chi connectivity index (χ4v) is 5.40. The van der Waals surface area contributed by atoms with E-state index in [1.165, 1.54) is 12.1 Å². The lowest BCUT2D eigenvalue weighted by molar-refractivity contribution is -0.384. The van der Waals surface area contributed by atoms with Crippen molar-refractivity contribution in [2.24, 2.45) is 5.92 Å². The highest BCUT2D eigenvalue weighted by Crippen LogP contribution is 2.39. The molecule has 2 atom stereocenters. The van der Waals surface area contributed by atoms with Gasteiger partial charge < -0.3 is 19.9 Å². The average molecular weight is 505 g/mol. The van der Waals surface area contributed by atoms with Gasteiger partial charge >= 0.3 is 0 Å². The molecule has 2 aliphatic heterocycles. The second-order valence-electron chi connectivity index (χ2n) is 9.43. The maximum Gasteiger partial charge on any atom is 0.269 e. The zero-order valence-corrected chi connectivity index (χ0v) is 20.6. The lowest BCUT2D eigenvalue weighted by Gasteiger charge is -2.49. The van der Waals surface area contributed by atoms with E-state index in [2.05, 4.69) is 10.2 Å². The van der Waals surface area contributed by atoms with Crippen LogP contribution in [0.4, 0.5) is 21.5 Å². The number of halogens is 1. The van der Waals surface area contributed by atoms with E-state index in [9.17, 15) is 19.3 Å². The lowest BCUT2D eigenvalue weighted by Crippen LogP contribution is -2.61. The number of hydrogen-bond acceptors (Lipinski definition) is 6. The Labute approximate surface area is 214 Å². The Morgan fingerprint density at radius 3 is 2.62 bits per heavy atom. The predicted octanol–water partition coefficient (Wildman–Crippen LogP) is 3.97. The van der Waals surface area contributed by atoms with Crippen LogP contribution in [0.5, 0.6) is 5.75 Å². The van der Waals surface area contributed by atoms with Crippen LogP contribution in [0.15, 0.2) is 66.7 Å². The molecule has 3 aromatic carbocycles. The number of non-ortho nitro benzene ring substituents is 1. The van der Waals surface area contributed by atoms with Gasteiger partial charge in [0, 0.05) is 44.0 Å². The van der Waals surface area contributed by atoms with E-state index in [1.807, 2.05) is 35.2 Å². The Bertz CT molecular complexity index is 1300. The number of benzene rings is 3. The molecule has 1 N–H and O–H groups in total. The topological polar surface area (TPSA) is 87.9 Å². The molecule has 3 aromatic rings. The molecular weight excluding hydrogens is 475 g/mol. The molecular formula is C28H29FN4O4. The van der Waals surface area contributed by atoms with Crippen molar-refractivity contribution in [1.82, 2.24) is 5.32 Å². The standard InChI is InChI=1S/C28H29FN4O4/c1-37-22-9-6-19(7-10-22)12-13-30-28(34)23-17-20-16-21(33(35)36)8-11-25(20)32-15-14-31(18-27(23)32)26-5-3-2-4-24(26)29/h2-11,16,23,27H,12-15,17-18H2,1H3,(H,30,34)/t23-,27+/m1/s1. The summed E-state index contributed by atoms with van der Waals surface area (Å²) >= 11 is 0. The van der Waals surface area contributed by atoms with Crippen LogP contribution in [0.3, 0.4) is 0 Å². The van der Waals surface area contributed by atoms with E-state index < -0.39 is 10.8 Å². The van der Waals surface area contributed by atoms with Gasteiger partial charge in [-0.3, -0.25) is 14.9 Å². The van der Waals surface area contributed by atoms with Crippen LogP contribution in [0, 0.1) is 21.8 Å². The van der Waals surface area contributed by atoms with Crippen molar-refractivity contribution < 1.29 is 18.8 Å². The van der Waals surface area contributed by atoms with Crippen LogP contribution in [-0.2, 0) is 17.6 Å². The molecule has 5 rings (SSSR count). The Balaban J connectivity index is 1.37. The van der Waals surface area contributed by atoms with Crippen molar-refractivity contribution in [3.05, 3.63) is 93.8 Å². The summed E-state index contributed by atoms with van der Waals surface area (Å²) in [6, 6.07) is 19.1. The fourth-order valence-electron chi connectivity index (χ4n) is 5.40. The Kier molecular flexibility index (Phi) is 6.94. The molecule has 0 unspecified atom stereocenters. The van der Waals surface area contributed by atoms with Crippen molar-refractivity contribution in [3.63, 3.8) is 0 Å². The second-order valence-corrected chi connectivity index (χ2v) is 9.43. The number of nitrogens with one attached hydrogen (secondary N) is 1. The zero-order valence-electron chi connectivity index (χ0n) is 20.6. The summed E-state index contributed by atoms with van der Waals surface area (Å²) in [5.74, 6) is -0.0428. The minimum atomic E-state index is -0.431. The van der Waals surface area contributed by atoms with Gasteiger partial charge in [0.05, 0.1) is 29.7 Å². The van der Waals surface area contributed by atoms with E-state index in [0.717, 1.165) is 22.6 Å². The number of ether oxygens (including phenoxy) is 1. The lowest BCUT2D eigenvalue weighted by atomic mass is 9.83. The molecule has 0 aromatic heterocycles. The van der Waals surface area contributed by atoms with E-state index >= 15 is 0 Å². The smallest absolute Gasteiger partial charge is 0.269 e. The fraction of sp³-hybridized carbons (Fsp3) is 0.321. The summed E-state index contributed by atoms with van der Waals surface area (Å²) in [6.45, 7) is 2.11. The van der Waals surface area contributed by atoms with Gasteiger partial charge in [0.1, 0.15) is 11.6 Å². The number of amides is 1. The van der Waals surface area contributed by atoms with E-state index in [-0.39, 0.29) is 23.5 Å². The van der Waals surface area contributed by atoms with Crippen LogP contribution >= 0.6 is 0 Å². The van der Waals surface area contributed by atoms with Crippen molar-refractivity contribution in [3.8, 4) is 5.75 Å². The highest BCUT2D eigenvalue weighted by atomic mass is 19.1. The van der Waals surface area contributed by atoms with Gasteiger partial charge in [0.2, 0.25) is 5.91 Å². The Morgan fingerprint density at radius 1 is 1.11 bits per heavy atom. The van der Waals surface area contributed by atoms with E-state index in [0.29, 0.717) is 44.7 Å². The molecule has 37 heavy (non-hydrogen) atoms. The van der Waals surface area contributed by atoms with Crippen molar-refractivity contribution in [2.45, 2.75) is 18.9 Å². The number of carbonyl (C=O) groups excluding carboxylic acids is 1. The third-order valence-electron chi connectivity index (χ3n) is 7.31. The quantitative estimate of drug-likeness (QED) is 0.387. The molecule has 8 nitrogen and oxygen atoms in total. The van der Waals surface area contributed by atoms with Gasteiger partial charge in [-0.15, -0.1) is 0 Å². The molecule has 1 saturated heterocycles. The first-order valence-corrected chi connectivity index (χ1v) is 12.4. The van der Waals surface area contributed by atoms with Gasteiger partial charge in [0.25, 0.3) is 5.69 Å². The Morgan fingerprint density at radius 2 is 1.89 bits per heavy atom. The second kappa shape index (κ2) is 10.5. The van der Waals surface area contributed by atoms with Crippen molar-refractivity contribution >= 4 is 23.0 Å². The molecule has 1 amide bonds. The largest absolute Gasteiger partial charge is 0.497 e. The van der Waals surface area contributed by atoms with Gasteiger partial charge in [-0.1, -0.05) is 24.3 Å².